The van der Waals surface area contributed by atoms with Crippen molar-refractivity contribution in [1.82, 2.24) is 9.97 Å². The third-order valence-electron chi connectivity index (χ3n) is 2.13. The van der Waals surface area contributed by atoms with E-state index in [1.165, 1.54) is 18.3 Å². The lowest BCUT2D eigenvalue weighted by atomic mass is 10.2. The number of nitrogen functional groups attached to an aromatic ring is 1. The highest BCUT2D eigenvalue weighted by molar-refractivity contribution is 5.36. The van der Waals surface area contributed by atoms with E-state index in [1.54, 1.807) is 6.07 Å². The van der Waals surface area contributed by atoms with E-state index in [1.807, 2.05) is 0 Å². The van der Waals surface area contributed by atoms with Crippen LogP contribution < -0.4 is 11.1 Å². The summed E-state index contributed by atoms with van der Waals surface area (Å²) < 4.78 is 25.9. The maximum Gasteiger partial charge on any atom is 0.224 e. The molecule has 0 radical (unpaired) electrons. The Hall–Kier alpha value is -2.24. The molecule has 0 aliphatic carbocycles. The van der Waals surface area contributed by atoms with Gasteiger partial charge in [-0.1, -0.05) is 6.07 Å². The number of nitrogens with two attached hydrogens (primary N) is 1. The maximum atomic E-state index is 13.3. The summed E-state index contributed by atoms with van der Waals surface area (Å²) in [4.78, 5) is 7.80. The Morgan fingerprint density at radius 2 is 2.06 bits per heavy atom. The molecule has 0 unspecified atom stereocenters. The molecule has 0 aliphatic rings. The molecule has 0 saturated heterocycles. The van der Waals surface area contributed by atoms with Crippen LogP contribution in [-0.2, 0) is 6.54 Å². The molecule has 6 heteroatoms. The minimum Gasteiger partial charge on any atom is -0.384 e. The van der Waals surface area contributed by atoms with Crippen LogP contribution in [0.2, 0.25) is 0 Å². The zero-order valence-electron chi connectivity index (χ0n) is 8.82. The largest absolute Gasteiger partial charge is 0.384 e. The second-order valence-electron chi connectivity index (χ2n) is 3.39. The molecule has 88 valence electrons. The molecule has 0 fully saturated rings. The quantitative estimate of drug-likeness (QED) is 0.854. The second-order valence-corrected chi connectivity index (χ2v) is 3.39. The van der Waals surface area contributed by atoms with Crippen molar-refractivity contribution in [3.05, 3.63) is 47.7 Å². The van der Waals surface area contributed by atoms with Crippen LogP contribution >= 0.6 is 0 Å². The van der Waals surface area contributed by atoms with Crippen LogP contribution in [0.3, 0.4) is 0 Å². The molecule has 17 heavy (non-hydrogen) atoms. The number of rotatable bonds is 3. The van der Waals surface area contributed by atoms with E-state index in [0.29, 0.717) is 17.3 Å². The molecule has 1 aromatic heterocycles. The lowest BCUT2D eigenvalue weighted by Crippen LogP contribution is -2.06. The predicted molar refractivity (Wildman–Crippen MR) is 60.1 cm³/mol. The fraction of sp³-hybridized carbons (Fsp3) is 0.0909. The highest BCUT2D eigenvalue weighted by Crippen LogP contribution is 2.11. The van der Waals surface area contributed by atoms with Gasteiger partial charge >= 0.3 is 0 Å². The Morgan fingerprint density at radius 1 is 1.24 bits per heavy atom. The monoisotopic (exact) mass is 236 g/mol. The van der Waals surface area contributed by atoms with Gasteiger partial charge in [-0.05, 0) is 12.1 Å². The van der Waals surface area contributed by atoms with E-state index in [-0.39, 0.29) is 6.54 Å². The highest BCUT2D eigenvalue weighted by Gasteiger charge is 2.04. The van der Waals surface area contributed by atoms with Crippen molar-refractivity contribution in [2.24, 2.45) is 0 Å². The van der Waals surface area contributed by atoms with Crippen LogP contribution in [0.15, 0.2) is 30.5 Å². The average Bonchev–Trinajstić information content (AvgIpc) is 2.28. The van der Waals surface area contributed by atoms with Crippen LogP contribution in [0.5, 0.6) is 0 Å². The van der Waals surface area contributed by atoms with Crippen molar-refractivity contribution in [2.75, 3.05) is 11.1 Å². The Morgan fingerprint density at radius 3 is 2.76 bits per heavy atom. The number of benzene rings is 1. The van der Waals surface area contributed by atoms with Gasteiger partial charge in [0.1, 0.15) is 17.5 Å². The molecule has 0 spiro atoms. The maximum absolute atomic E-state index is 13.3. The lowest BCUT2D eigenvalue weighted by Gasteiger charge is -2.06. The first-order valence-electron chi connectivity index (χ1n) is 4.91. The summed E-state index contributed by atoms with van der Waals surface area (Å²) in [5.74, 6) is -0.594. The molecule has 4 nitrogen and oxygen atoms in total. The summed E-state index contributed by atoms with van der Waals surface area (Å²) in [5, 5.41) is 2.80. The minimum atomic E-state index is -0.610. The molecule has 1 heterocycles. The molecule has 0 aliphatic heterocycles. The number of nitrogens with zero attached hydrogens (tertiary/aromatic N) is 2. The number of anilines is 2. The Kier molecular flexibility index (Phi) is 3.13. The zero-order valence-corrected chi connectivity index (χ0v) is 8.82. The fourth-order valence-electron chi connectivity index (χ4n) is 1.30. The first-order chi connectivity index (χ1) is 8.15. The molecule has 2 aromatic rings. The van der Waals surface area contributed by atoms with Crippen LogP contribution in [0.25, 0.3) is 0 Å². The van der Waals surface area contributed by atoms with E-state index in [9.17, 15) is 8.78 Å². The third kappa shape index (κ3) is 2.87. The number of hydrogen-bond acceptors (Lipinski definition) is 4. The molecular weight excluding hydrogens is 226 g/mol. The van der Waals surface area contributed by atoms with Gasteiger partial charge in [0.05, 0.1) is 0 Å². The third-order valence-corrected chi connectivity index (χ3v) is 2.13. The van der Waals surface area contributed by atoms with Gasteiger partial charge in [0.15, 0.2) is 0 Å². The molecular formula is C11H10F2N4. The number of hydrogen-bond donors (Lipinski definition) is 2. The van der Waals surface area contributed by atoms with Crippen LogP contribution in [0.1, 0.15) is 5.56 Å². The van der Waals surface area contributed by atoms with Crippen LogP contribution in [0, 0.1) is 11.6 Å². The van der Waals surface area contributed by atoms with Crippen LogP contribution in [-0.4, -0.2) is 9.97 Å². The van der Waals surface area contributed by atoms with Gasteiger partial charge in [-0.25, -0.2) is 13.8 Å². The van der Waals surface area contributed by atoms with Crippen LogP contribution in [0.4, 0.5) is 20.5 Å². The summed E-state index contributed by atoms with van der Waals surface area (Å²) in [6, 6.07) is 4.94. The standard InChI is InChI=1S/C11H10F2N4/c12-8-2-1-7(9(13)5-8)6-16-11-15-4-3-10(14)17-11/h1-5H,6H2,(H3,14,15,16,17). The van der Waals surface area contributed by atoms with Gasteiger partial charge in [0.25, 0.3) is 0 Å². The fourth-order valence-corrected chi connectivity index (χ4v) is 1.30. The molecule has 2 rings (SSSR count). The average molecular weight is 236 g/mol. The number of nitrogens with one attached hydrogen (secondary N) is 1. The van der Waals surface area contributed by atoms with Gasteiger partial charge in [-0.15, -0.1) is 0 Å². The van der Waals surface area contributed by atoms with Gasteiger partial charge < -0.3 is 11.1 Å². The van der Waals surface area contributed by atoms with Gasteiger partial charge in [0.2, 0.25) is 5.95 Å². The van der Waals surface area contributed by atoms with Crippen molar-refractivity contribution < 1.29 is 8.78 Å². The van der Waals surface area contributed by atoms with Gasteiger partial charge in [-0.2, -0.15) is 4.98 Å². The first kappa shape index (κ1) is 11.3. The van der Waals surface area contributed by atoms with Gasteiger partial charge in [0, 0.05) is 24.4 Å². The SMILES string of the molecule is Nc1ccnc(NCc2ccc(F)cc2F)n1. The minimum absolute atomic E-state index is 0.162. The predicted octanol–water partition coefficient (Wildman–Crippen LogP) is 1.95. The van der Waals surface area contributed by atoms with Crippen molar-refractivity contribution in [1.29, 1.82) is 0 Å². The van der Waals surface area contributed by atoms with Crippen molar-refractivity contribution in [2.45, 2.75) is 6.54 Å². The van der Waals surface area contributed by atoms with Crippen molar-refractivity contribution in [3.63, 3.8) is 0 Å². The molecule has 3 N–H and O–H groups in total. The molecule has 0 atom stereocenters. The summed E-state index contributed by atoms with van der Waals surface area (Å²) in [5.41, 5.74) is 5.79. The normalized spacial score (nSPS) is 10.2. The Bertz CT molecular complexity index is 531. The van der Waals surface area contributed by atoms with E-state index in [0.717, 1.165) is 6.07 Å². The van der Waals surface area contributed by atoms with E-state index < -0.39 is 11.6 Å². The lowest BCUT2D eigenvalue weighted by molar-refractivity contribution is 0.574. The smallest absolute Gasteiger partial charge is 0.224 e. The topological polar surface area (TPSA) is 63.8 Å². The van der Waals surface area contributed by atoms with Crippen molar-refractivity contribution in [3.8, 4) is 0 Å². The zero-order chi connectivity index (χ0) is 12.3. The Labute approximate surface area is 96.5 Å². The molecule has 0 amide bonds. The summed E-state index contributed by atoms with van der Waals surface area (Å²) in [6.07, 6.45) is 1.49. The van der Waals surface area contributed by atoms with E-state index >= 15 is 0 Å². The number of aromatic nitrogens is 2. The second kappa shape index (κ2) is 4.73. The first-order valence-corrected chi connectivity index (χ1v) is 4.91. The Balaban J connectivity index is 2.07. The highest BCUT2D eigenvalue weighted by atomic mass is 19.1. The molecule has 0 bridgehead atoms. The summed E-state index contributed by atoms with van der Waals surface area (Å²) >= 11 is 0. The summed E-state index contributed by atoms with van der Waals surface area (Å²) in [7, 11) is 0. The van der Waals surface area contributed by atoms with E-state index in [2.05, 4.69) is 15.3 Å². The van der Waals surface area contributed by atoms with Gasteiger partial charge in [-0.3, -0.25) is 0 Å². The molecule has 0 saturated carbocycles. The number of halogens is 2. The van der Waals surface area contributed by atoms with Crippen molar-refractivity contribution >= 4 is 11.8 Å². The van der Waals surface area contributed by atoms with E-state index in [4.69, 9.17) is 5.73 Å². The molecule has 1 aromatic carbocycles. The summed E-state index contributed by atoms with van der Waals surface area (Å²) in [6.45, 7) is 0.162.